The Bertz CT molecular complexity index is 772. The number of carbonyl (C=O) groups excluding carboxylic acids is 2. The lowest BCUT2D eigenvalue weighted by Crippen LogP contribution is -2.32. The van der Waals surface area contributed by atoms with Crippen LogP contribution in [0.5, 0.6) is 0 Å². The molecule has 118 valence electrons. The van der Waals surface area contributed by atoms with Crippen LogP contribution in [0.3, 0.4) is 0 Å². The number of amides is 1. The molecular formula is C17H13ClFNO3. The number of benzene rings is 2. The molecule has 0 saturated carbocycles. The van der Waals surface area contributed by atoms with Crippen LogP contribution in [0, 0.1) is 12.7 Å². The van der Waals surface area contributed by atoms with Gasteiger partial charge in [-0.15, -0.1) is 0 Å². The summed E-state index contributed by atoms with van der Waals surface area (Å²) >= 11 is 5.98. The maximum absolute atomic E-state index is 13.1. The Morgan fingerprint density at radius 1 is 1.17 bits per heavy atom. The molecule has 0 saturated heterocycles. The summed E-state index contributed by atoms with van der Waals surface area (Å²) in [6.07, 6.45) is 1.24. The quantitative estimate of drug-likeness (QED) is 0.521. The fraction of sp³-hybridized carbons (Fsp3) is 0.0588. The molecule has 1 amide bonds. The molecule has 1 N–H and O–H groups in total. The number of rotatable bonds is 4. The minimum Gasteiger partial charge on any atom is -0.515 e. The van der Waals surface area contributed by atoms with Crippen molar-refractivity contribution < 1.29 is 19.1 Å². The van der Waals surface area contributed by atoms with Crippen LogP contribution in [0.15, 0.2) is 54.8 Å². The van der Waals surface area contributed by atoms with Crippen molar-refractivity contribution in [1.82, 2.24) is 0 Å². The molecule has 0 heterocycles. The molecule has 0 aliphatic heterocycles. The normalized spacial score (nSPS) is 10.7. The fourth-order valence-electron chi connectivity index (χ4n) is 2.03. The maximum Gasteiger partial charge on any atom is 0.303 e. The summed E-state index contributed by atoms with van der Waals surface area (Å²) in [5, 5.41) is 9.09. The zero-order valence-corrected chi connectivity index (χ0v) is 12.9. The minimum absolute atomic E-state index is 0.307. The van der Waals surface area contributed by atoms with Gasteiger partial charge in [0.05, 0.1) is 11.9 Å². The summed E-state index contributed by atoms with van der Waals surface area (Å²) in [7, 11) is 0. The van der Waals surface area contributed by atoms with Crippen molar-refractivity contribution in [2.24, 2.45) is 0 Å². The number of aryl methyl sites for hydroxylation is 1. The second-order valence-electron chi connectivity index (χ2n) is 4.73. The molecule has 2 aromatic rings. The Morgan fingerprint density at radius 3 is 2.43 bits per heavy atom. The van der Waals surface area contributed by atoms with E-state index in [1.54, 1.807) is 19.1 Å². The zero-order chi connectivity index (χ0) is 17.0. The summed E-state index contributed by atoms with van der Waals surface area (Å²) in [6.45, 7) is 1.75. The van der Waals surface area contributed by atoms with E-state index < -0.39 is 17.5 Å². The van der Waals surface area contributed by atoms with Crippen molar-refractivity contribution in [3.63, 3.8) is 0 Å². The molecule has 0 fully saturated rings. The summed E-state index contributed by atoms with van der Waals surface area (Å²) in [6, 6.07) is 10.0. The summed E-state index contributed by atoms with van der Waals surface area (Å²) in [4.78, 5) is 25.4. The van der Waals surface area contributed by atoms with E-state index in [1.807, 2.05) is 0 Å². The first-order valence-electron chi connectivity index (χ1n) is 6.65. The number of halogens is 2. The van der Waals surface area contributed by atoms with Crippen LogP contribution in [0.2, 0.25) is 5.02 Å². The van der Waals surface area contributed by atoms with Gasteiger partial charge in [-0.3, -0.25) is 14.5 Å². The van der Waals surface area contributed by atoms with Crippen molar-refractivity contribution in [2.45, 2.75) is 6.92 Å². The third kappa shape index (κ3) is 3.76. The maximum atomic E-state index is 13.1. The second-order valence-corrected chi connectivity index (χ2v) is 5.16. The van der Waals surface area contributed by atoms with Crippen LogP contribution in [-0.2, 0) is 9.59 Å². The Labute approximate surface area is 137 Å². The number of aliphatic hydroxyl groups excluding tert-OH is 1. The van der Waals surface area contributed by atoms with Gasteiger partial charge in [0.15, 0.2) is 0 Å². The highest BCUT2D eigenvalue weighted by Gasteiger charge is 2.24. The SMILES string of the molecule is Cc1ccc(Cl)cc1N(C(=O)C(=O)C=CO)c1ccc(F)cc1. The molecule has 2 aromatic carbocycles. The van der Waals surface area contributed by atoms with Crippen LogP contribution >= 0.6 is 11.6 Å². The lowest BCUT2D eigenvalue weighted by Gasteiger charge is -2.23. The number of carbonyl (C=O) groups is 2. The molecule has 23 heavy (non-hydrogen) atoms. The van der Waals surface area contributed by atoms with E-state index >= 15 is 0 Å². The molecule has 4 nitrogen and oxygen atoms in total. The average Bonchev–Trinajstić information content (AvgIpc) is 2.53. The fourth-order valence-corrected chi connectivity index (χ4v) is 2.19. The molecule has 0 atom stereocenters. The van der Waals surface area contributed by atoms with E-state index in [0.29, 0.717) is 28.2 Å². The van der Waals surface area contributed by atoms with Crippen molar-refractivity contribution in [1.29, 1.82) is 0 Å². The van der Waals surface area contributed by atoms with Gasteiger partial charge in [0.2, 0.25) is 5.78 Å². The molecule has 0 aromatic heterocycles. The molecule has 0 aliphatic rings. The van der Waals surface area contributed by atoms with E-state index in [1.165, 1.54) is 30.3 Å². The largest absolute Gasteiger partial charge is 0.515 e. The van der Waals surface area contributed by atoms with Gasteiger partial charge < -0.3 is 5.11 Å². The van der Waals surface area contributed by atoms with E-state index in [2.05, 4.69) is 0 Å². The number of anilines is 2. The topological polar surface area (TPSA) is 57.6 Å². The number of hydrogen-bond donors (Lipinski definition) is 1. The Morgan fingerprint density at radius 2 is 1.83 bits per heavy atom. The molecular weight excluding hydrogens is 321 g/mol. The number of aliphatic hydroxyl groups is 1. The van der Waals surface area contributed by atoms with E-state index in [9.17, 15) is 14.0 Å². The smallest absolute Gasteiger partial charge is 0.303 e. The number of nitrogens with zero attached hydrogens (tertiary/aromatic N) is 1. The van der Waals surface area contributed by atoms with E-state index in [4.69, 9.17) is 16.7 Å². The predicted octanol–water partition coefficient (Wildman–Crippen LogP) is 4.09. The van der Waals surface area contributed by atoms with E-state index in [-0.39, 0.29) is 0 Å². The molecule has 0 radical (unpaired) electrons. The molecule has 6 heteroatoms. The van der Waals surface area contributed by atoms with Gasteiger partial charge in [-0.25, -0.2) is 4.39 Å². The van der Waals surface area contributed by atoms with Gasteiger partial charge in [-0.1, -0.05) is 17.7 Å². The van der Waals surface area contributed by atoms with Gasteiger partial charge >= 0.3 is 5.91 Å². The van der Waals surface area contributed by atoms with Crippen molar-refractivity contribution >= 4 is 34.7 Å². The van der Waals surface area contributed by atoms with Gasteiger partial charge in [0.25, 0.3) is 0 Å². The van der Waals surface area contributed by atoms with Gasteiger partial charge in [0.1, 0.15) is 5.82 Å². The highest BCUT2D eigenvalue weighted by molar-refractivity contribution is 6.46. The van der Waals surface area contributed by atoms with Crippen molar-refractivity contribution in [3.8, 4) is 0 Å². The van der Waals surface area contributed by atoms with Crippen LogP contribution in [-0.4, -0.2) is 16.8 Å². The predicted molar refractivity (Wildman–Crippen MR) is 86.5 cm³/mol. The molecule has 0 aliphatic carbocycles. The molecule has 0 bridgehead atoms. The first-order chi connectivity index (χ1) is 10.9. The second kappa shape index (κ2) is 7.07. The number of ketones is 1. The zero-order valence-electron chi connectivity index (χ0n) is 12.2. The summed E-state index contributed by atoms with van der Waals surface area (Å²) in [5.74, 6) is -2.28. The van der Waals surface area contributed by atoms with Gasteiger partial charge in [-0.2, -0.15) is 0 Å². The van der Waals surface area contributed by atoms with Crippen molar-refractivity contribution in [3.05, 3.63) is 71.2 Å². The monoisotopic (exact) mass is 333 g/mol. The lowest BCUT2D eigenvalue weighted by molar-refractivity contribution is -0.133. The van der Waals surface area contributed by atoms with Crippen molar-refractivity contribution in [2.75, 3.05) is 4.90 Å². The average molecular weight is 334 g/mol. The van der Waals surface area contributed by atoms with Crippen LogP contribution in [0.4, 0.5) is 15.8 Å². The number of hydrogen-bond acceptors (Lipinski definition) is 3. The van der Waals surface area contributed by atoms with Gasteiger partial charge in [0, 0.05) is 16.8 Å². The van der Waals surface area contributed by atoms with Crippen LogP contribution in [0.25, 0.3) is 0 Å². The molecule has 0 unspecified atom stereocenters. The highest BCUT2D eigenvalue weighted by atomic mass is 35.5. The molecule has 2 rings (SSSR count). The first-order valence-corrected chi connectivity index (χ1v) is 7.02. The van der Waals surface area contributed by atoms with Gasteiger partial charge in [-0.05, 0) is 48.9 Å². The third-order valence-electron chi connectivity index (χ3n) is 3.14. The van der Waals surface area contributed by atoms with Crippen LogP contribution < -0.4 is 4.90 Å². The van der Waals surface area contributed by atoms with Crippen LogP contribution in [0.1, 0.15) is 5.56 Å². The third-order valence-corrected chi connectivity index (χ3v) is 3.37. The summed E-state index contributed by atoms with van der Waals surface area (Å²) < 4.78 is 13.1. The Hall–Kier alpha value is -2.66. The highest BCUT2D eigenvalue weighted by Crippen LogP contribution is 2.31. The van der Waals surface area contributed by atoms with E-state index in [0.717, 1.165) is 11.0 Å². The lowest BCUT2D eigenvalue weighted by atomic mass is 10.1. The Kier molecular flexibility index (Phi) is 5.13. The minimum atomic E-state index is -0.920. The standard InChI is InChI=1S/C17H13ClFNO3/c1-11-2-3-12(18)10-15(11)20(17(23)16(22)8-9-21)14-6-4-13(19)5-7-14/h2-10,21H,1H3. The Balaban J connectivity index is 2.59. The molecule has 0 spiro atoms. The summed E-state index contributed by atoms with van der Waals surface area (Å²) in [5.41, 5.74) is 1.41. The first kappa shape index (κ1) is 16.7.